The zero-order valence-electron chi connectivity index (χ0n) is 13.4. The highest BCUT2D eigenvalue weighted by Gasteiger charge is 2.24. The normalized spacial score (nSPS) is 13.9. The number of amides is 1. The minimum atomic E-state index is 0.0285. The van der Waals surface area contributed by atoms with Crippen molar-refractivity contribution in [3.05, 3.63) is 29.8 Å². The number of hydrogen-bond donors (Lipinski definition) is 2. The maximum Gasteiger partial charge on any atom is 0.227 e. The molecule has 0 aliphatic rings. The molecule has 1 aromatic carbocycles. The summed E-state index contributed by atoms with van der Waals surface area (Å²) in [6.45, 7) is 8.47. The molecule has 21 heavy (non-hydrogen) atoms. The fourth-order valence-electron chi connectivity index (χ4n) is 1.78. The summed E-state index contributed by atoms with van der Waals surface area (Å²) in [5.74, 6) is 0.356. The van der Waals surface area contributed by atoms with Crippen LogP contribution >= 0.6 is 0 Å². The third-order valence-corrected chi connectivity index (χ3v) is 3.97. The first-order chi connectivity index (χ1) is 9.66. The number of benzene rings is 1. The van der Waals surface area contributed by atoms with Crippen LogP contribution < -0.4 is 10.6 Å². The molecule has 1 aromatic rings. The molecule has 0 fully saturated rings. The van der Waals surface area contributed by atoms with E-state index in [-0.39, 0.29) is 23.1 Å². The van der Waals surface area contributed by atoms with E-state index in [1.807, 2.05) is 6.07 Å². The number of nitrogens with two attached hydrogens (primary N) is 1. The van der Waals surface area contributed by atoms with Gasteiger partial charge in [-0.1, -0.05) is 45.0 Å². The van der Waals surface area contributed by atoms with Crippen LogP contribution in [0.25, 0.3) is 0 Å². The van der Waals surface area contributed by atoms with Crippen molar-refractivity contribution in [1.82, 2.24) is 0 Å². The highest BCUT2D eigenvalue weighted by molar-refractivity contribution is 5.99. The molecule has 116 valence electrons. The van der Waals surface area contributed by atoms with Gasteiger partial charge in [-0.05, 0) is 23.5 Å². The van der Waals surface area contributed by atoms with Gasteiger partial charge < -0.3 is 15.8 Å². The van der Waals surface area contributed by atoms with E-state index in [2.05, 4.69) is 32.9 Å². The van der Waals surface area contributed by atoms with Gasteiger partial charge >= 0.3 is 0 Å². The van der Waals surface area contributed by atoms with Crippen molar-refractivity contribution in [3.8, 4) is 0 Å². The van der Waals surface area contributed by atoms with E-state index in [1.165, 1.54) is 0 Å². The van der Waals surface area contributed by atoms with Gasteiger partial charge in [0, 0.05) is 24.7 Å². The monoisotopic (exact) mass is 291 g/mol. The fraction of sp³-hybridized carbons (Fsp3) is 0.500. The number of rotatable bonds is 4. The summed E-state index contributed by atoms with van der Waals surface area (Å²) in [5.41, 5.74) is 6.97. The van der Waals surface area contributed by atoms with E-state index in [0.29, 0.717) is 12.0 Å². The molecule has 0 aliphatic heterocycles. The lowest BCUT2D eigenvalue weighted by molar-refractivity contribution is -0.119. The van der Waals surface area contributed by atoms with Gasteiger partial charge in [-0.3, -0.25) is 4.79 Å². The molecule has 0 saturated heterocycles. The van der Waals surface area contributed by atoms with Crippen molar-refractivity contribution in [2.24, 2.45) is 22.2 Å². The summed E-state index contributed by atoms with van der Waals surface area (Å²) in [4.78, 5) is 14.0. The predicted octanol–water partition coefficient (Wildman–Crippen LogP) is 2.82. The minimum Gasteiger partial charge on any atom is -0.409 e. The SMILES string of the molecule is CC(CC(=O)N(C)c1cccc(C(N)=NO)c1)C(C)(C)C. The Morgan fingerprint density at radius 1 is 1.43 bits per heavy atom. The van der Waals surface area contributed by atoms with Gasteiger partial charge in [0.05, 0.1) is 0 Å². The van der Waals surface area contributed by atoms with E-state index in [9.17, 15) is 4.79 Å². The highest BCUT2D eigenvalue weighted by atomic mass is 16.4. The van der Waals surface area contributed by atoms with E-state index >= 15 is 0 Å². The third-order valence-electron chi connectivity index (χ3n) is 3.97. The first-order valence-corrected chi connectivity index (χ1v) is 7.01. The predicted molar refractivity (Wildman–Crippen MR) is 85.6 cm³/mol. The Labute approximate surface area is 126 Å². The van der Waals surface area contributed by atoms with Crippen LogP contribution in [-0.2, 0) is 4.79 Å². The van der Waals surface area contributed by atoms with Crippen LogP contribution in [0.5, 0.6) is 0 Å². The lowest BCUT2D eigenvalue weighted by Gasteiger charge is -2.28. The lowest BCUT2D eigenvalue weighted by atomic mass is 9.80. The molecule has 0 saturated carbocycles. The molecule has 1 rings (SSSR count). The zero-order chi connectivity index (χ0) is 16.2. The number of carbonyl (C=O) groups is 1. The molecule has 5 nitrogen and oxygen atoms in total. The molecule has 1 unspecified atom stereocenters. The van der Waals surface area contributed by atoms with Crippen molar-refractivity contribution in [2.45, 2.75) is 34.1 Å². The van der Waals surface area contributed by atoms with Gasteiger partial charge in [0.1, 0.15) is 0 Å². The summed E-state index contributed by atoms with van der Waals surface area (Å²) < 4.78 is 0. The molecule has 0 aliphatic carbocycles. The van der Waals surface area contributed by atoms with Gasteiger partial charge in [-0.15, -0.1) is 0 Å². The molecule has 3 N–H and O–H groups in total. The van der Waals surface area contributed by atoms with Crippen LogP contribution in [0.15, 0.2) is 29.4 Å². The molecule has 0 bridgehead atoms. The van der Waals surface area contributed by atoms with Crippen LogP contribution in [0.3, 0.4) is 0 Å². The Kier molecular flexibility index (Phi) is 5.35. The fourth-order valence-corrected chi connectivity index (χ4v) is 1.78. The molecular weight excluding hydrogens is 266 g/mol. The average molecular weight is 291 g/mol. The Balaban J connectivity index is 2.88. The molecule has 0 spiro atoms. The summed E-state index contributed by atoms with van der Waals surface area (Å²) in [6.07, 6.45) is 0.480. The molecule has 5 heteroatoms. The smallest absolute Gasteiger partial charge is 0.227 e. The Morgan fingerprint density at radius 3 is 2.57 bits per heavy atom. The van der Waals surface area contributed by atoms with Gasteiger partial charge in [0.2, 0.25) is 5.91 Å². The number of anilines is 1. The van der Waals surface area contributed by atoms with E-state index in [1.54, 1.807) is 30.1 Å². The summed E-state index contributed by atoms with van der Waals surface area (Å²) >= 11 is 0. The average Bonchev–Trinajstić information content (AvgIpc) is 2.44. The molecule has 0 heterocycles. The molecular formula is C16H25N3O2. The first-order valence-electron chi connectivity index (χ1n) is 7.01. The van der Waals surface area contributed by atoms with E-state index in [4.69, 9.17) is 10.9 Å². The quantitative estimate of drug-likeness (QED) is 0.387. The standard InChI is InChI=1S/C16H25N3O2/c1-11(16(2,3)4)9-14(20)19(5)13-8-6-7-12(10-13)15(17)18-21/h6-8,10-11,21H,9H2,1-5H3,(H2,17,18). The summed E-state index contributed by atoms with van der Waals surface area (Å²) in [6, 6.07) is 7.07. The summed E-state index contributed by atoms with van der Waals surface area (Å²) in [7, 11) is 1.74. The van der Waals surface area contributed by atoms with Crippen LogP contribution in [0.4, 0.5) is 5.69 Å². The van der Waals surface area contributed by atoms with Crippen molar-refractivity contribution in [3.63, 3.8) is 0 Å². The van der Waals surface area contributed by atoms with E-state index in [0.717, 1.165) is 5.69 Å². The zero-order valence-corrected chi connectivity index (χ0v) is 13.4. The van der Waals surface area contributed by atoms with E-state index < -0.39 is 0 Å². The second-order valence-electron chi connectivity index (χ2n) is 6.46. The topological polar surface area (TPSA) is 78.9 Å². The van der Waals surface area contributed by atoms with Crippen LogP contribution in [-0.4, -0.2) is 24.0 Å². The van der Waals surface area contributed by atoms with Crippen LogP contribution in [0.2, 0.25) is 0 Å². The lowest BCUT2D eigenvalue weighted by Crippen LogP contribution is -2.31. The van der Waals surface area contributed by atoms with Gasteiger partial charge in [0.25, 0.3) is 0 Å². The van der Waals surface area contributed by atoms with Gasteiger partial charge in [-0.2, -0.15) is 0 Å². The number of nitrogens with zero attached hydrogens (tertiary/aromatic N) is 2. The van der Waals surface area contributed by atoms with Crippen LogP contribution in [0, 0.1) is 11.3 Å². The Hall–Kier alpha value is -2.04. The second-order valence-corrected chi connectivity index (χ2v) is 6.46. The highest BCUT2D eigenvalue weighted by Crippen LogP contribution is 2.29. The third kappa shape index (κ3) is 4.48. The minimum absolute atomic E-state index is 0.0285. The van der Waals surface area contributed by atoms with Crippen molar-refractivity contribution in [1.29, 1.82) is 0 Å². The van der Waals surface area contributed by atoms with Gasteiger partial charge in [0.15, 0.2) is 5.84 Å². The maximum atomic E-state index is 12.4. The van der Waals surface area contributed by atoms with Crippen molar-refractivity contribution >= 4 is 17.4 Å². The number of hydrogen-bond acceptors (Lipinski definition) is 3. The largest absolute Gasteiger partial charge is 0.409 e. The van der Waals surface area contributed by atoms with Crippen LogP contribution in [0.1, 0.15) is 39.7 Å². The second kappa shape index (κ2) is 6.61. The Bertz CT molecular complexity index is 533. The van der Waals surface area contributed by atoms with Gasteiger partial charge in [-0.25, -0.2) is 0 Å². The molecule has 0 radical (unpaired) electrons. The van der Waals surface area contributed by atoms with Crippen molar-refractivity contribution in [2.75, 3.05) is 11.9 Å². The molecule has 1 amide bonds. The number of oxime groups is 1. The summed E-state index contributed by atoms with van der Waals surface area (Å²) in [5, 5.41) is 11.7. The Morgan fingerprint density at radius 2 is 2.05 bits per heavy atom. The molecule has 0 aromatic heterocycles. The number of amidine groups is 1. The van der Waals surface area contributed by atoms with Crippen molar-refractivity contribution < 1.29 is 10.0 Å². The molecule has 1 atom stereocenters. The maximum absolute atomic E-state index is 12.4. The number of carbonyl (C=O) groups excluding carboxylic acids is 1. The first kappa shape index (κ1) is 17.0.